The minimum atomic E-state index is 0.0161. The van der Waals surface area contributed by atoms with E-state index in [1.165, 1.54) is 5.56 Å². The molecule has 21 heavy (non-hydrogen) atoms. The van der Waals surface area contributed by atoms with E-state index in [0.29, 0.717) is 5.56 Å². The van der Waals surface area contributed by atoms with Gasteiger partial charge in [-0.2, -0.15) is 0 Å². The van der Waals surface area contributed by atoms with Crippen molar-refractivity contribution in [2.45, 2.75) is 26.2 Å². The van der Waals surface area contributed by atoms with Gasteiger partial charge >= 0.3 is 0 Å². The van der Waals surface area contributed by atoms with Gasteiger partial charge in [-0.05, 0) is 46.9 Å². The van der Waals surface area contributed by atoms with Crippen LogP contribution in [-0.4, -0.2) is 5.78 Å². The summed E-state index contributed by atoms with van der Waals surface area (Å²) in [6, 6.07) is 15.7. The van der Waals surface area contributed by atoms with E-state index in [1.807, 2.05) is 42.5 Å². The maximum absolute atomic E-state index is 12.1. The quantitative estimate of drug-likeness (QED) is 0.520. The molecule has 0 fully saturated rings. The summed E-state index contributed by atoms with van der Waals surface area (Å²) in [6.07, 6.45) is 3.48. The number of benzene rings is 2. The highest BCUT2D eigenvalue weighted by Crippen LogP contribution is 2.22. The van der Waals surface area contributed by atoms with Crippen molar-refractivity contribution in [3.63, 3.8) is 0 Å². The second kappa shape index (κ2) is 6.40. The summed E-state index contributed by atoms with van der Waals surface area (Å²) < 4.78 is 0.973. The summed E-state index contributed by atoms with van der Waals surface area (Å²) in [5.74, 6) is 0.0161. The molecular formula is C19H19BrO. The molecule has 0 aliphatic heterocycles. The fraction of sp³-hybridized carbons (Fsp3) is 0.211. The van der Waals surface area contributed by atoms with Crippen molar-refractivity contribution < 1.29 is 4.79 Å². The number of carbonyl (C=O) groups excluding carboxylic acids is 1. The number of hydrogen-bond acceptors (Lipinski definition) is 1. The van der Waals surface area contributed by atoms with Gasteiger partial charge in [0.15, 0.2) is 5.78 Å². The summed E-state index contributed by atoms with van der Waals surface area (Å²) in [6.45, 7) is 6.57. The predicted molar refractivity (Wildman–Crippen MR) is 92.6 cm³/mol. The average molecular weight is 343 g/mol. The van der Waals surface area contributed by atoms with Crippen molar-refractivity contribution in [2.24, 2.45) is 0 Å². The normalized spacial score (nSPS) is 11.8. The Morgan fingerprint density at radius 2 is 1.52 bits per heavy atom. The fourth-order valence-corrected chi connectivity index (χ4v) is 2.24. The fourth-order valence-electron chi connectivity index (χ4n) is 1.98. The molecule has 0 aromatic heterocycles. The van der Waals surface area contributed by atoms with E-state index < -0.39 is 0 Å². The topological polar surface area (TPSA) is 17.1 Å². The lowest BCUT2D eigenvalue weighted by molar-refractivity contribution is 0.104. The molecule has 108 valence electrons. The number of carbonyl (C=O) groups is 1. The third kappa shape index (κ3) is 4.40. The number of allylic oxidation sites excluding steroid dienone is 1. The van der Waals surface area contributed by atoms with Gasteiger partial charge < -0.3 is 0 Å². The van der Waals surface area contributed by atoms with Gasteiger partial charge in [0.2, 0.25) is 0 Å². The minimum absolute atomic E-state index is 0.0161. The molecule has 0 heterocycles. The van der Waals surface area contributed by atoms with Crippen LogP contribution in [0.4, 0.5) is 0 Å². The minimum Gasteiger partial charge on any atom is -0.289 e. The van der Waals surface area contributed by atoms with Gasteiger partial charge in [0.25, 0.3) is 0 Å². The lowest BCUT2D eigenvalue weighted by Crippen LogP contribution is -2.10. The average Bonchev–Trinajstić information content (AvgIpc) is 2.45. The van der Waals surface area contributed by atoms with Crippen molar-refractivity contribution in [3.05, 3.63) is 75.8 Å². The van der Waals surface area contributed by atoms with Gasteiger partial charge in [-0.3, -0.25) is 4.79 Å². The molecule has 0 N–H and O–H groups in total. The van der Waals surface area contributed by atoms with Crippen molar-refractivity contribution in [2.75, 3.05) is 0 Å². The first kappa shape index (κ1) is 15.7. The second-order valence-electron chi connectivity index (χ2n) is 6.08. The third-order valence-corrected chi connectivity index (χ3v) is 3.86. The summed E-state index contributed by atoms with van der Waals surface area (Å²) in [5.41, 5.74) is 3.17. The monoisotopic (exact) mass is 342 g/mol. The zero-order valence-electron chi connectivity index (χ0n) is 12.6. The van der Waals surface area contributed by atoms with Crippen LogP contribution in [0.25, 0.3) is 6.08 Å². The molecule has 1 nitrogen and oxygen atoms in total. The van der Waals surface area contributed by atoms with Crippen LogP contribution in [0, 0.1) is 0 Å². The van der Waals surface area contributed by atoms with E-state index in [2.05, 4.69) is 48.8 Å². The van der Waals surface area contributed by atoms with Crippen molar-refractivity contribution >= 4 is 27.8 Å². The molecule has 2 aromatic rings. The molecule has 0 saturated carbocycles. The molecule has 0 amide bonds. The van der Waals surface area contributed by atoms with Crippen molar-refractivity contribution in [3.8, 4) is 0 Å². The van der Waals surface area contributed by atoms with E-state index in [4.69, 9.17) is 0 Å². The van der Waals surface area contributed by atoms with Crippen LogP contribution in [0.5, 0.6) is 0 Å². The Labute approximate surface area is 134 Å². The maximum Gasteiger partial charge on any atom is 0.185 e. The highest BCUT2D eigenvalue weighted by atomic mass is 79.9. The Hall–Kier alpha value is -1.67. The number of hydrogen-bond donors (Lipinski definition) is 0. The van der Waals surface area contributed by atoms with Gasteiger partial charge in [-0.25, -0.2) is 0 Å². The molecule has 0 atom stereocenters. The largest absolute Gasteiger partial charge is 0.289 e. The first-order valence-electron chi connectivity index (χ1n) is 6.95. The predicted octanol–water partition coefficient (Wildman–Crippen LogP) is 5.64. The number of rotatable bonds is 3. The second-order valence-corrected chi connectivity index (χ2v) is 6.99. The number of halogens is 1. The molecule has 0 spiro atoms. The molecule has 2 heteroatoms. The van der Waals surface area contributed by atoms with Gasteiger partial charge in [-0.1, -0.05) is 67.0 Å². The van der Waals surface area contributed by atoms with Gasteiger partial charge in [0.1, 0.15) is 0 Å². The molecule has 0 bridgehead atoms. The highest BCUT2D eigenvalue weighted by molar-refractivity contribution is 9.10. The first-order valence-corrected chi connectivity index (χ1v) is 7.74. The van der Waals surface area contributed by atoms with Crippen LogP contribution >= 0.6 is 15.9 Å². The Kier molecular flexibility index (Phi) is 4.79. The summed E-state index contributed by atoms with van der Waals surface area (Å²) >= 11 is 3.36. The zero-order valence-corrected chi connectivity index (χ0v) is 14.1. The van der Waals surface area contributed by atoms with Crippen LogP contribution < -0.4 is 0 Å². The van der Waals surface area contributed by atoms with Gasteiger partial charge in [-0.15, -0.1) is 0 Å². The Morgan fingerprint density at radius 1 is 0.952 bits per heavy atom. The Bertz CT molecular complexity index is 643. The molecule has 0 aliphatic carbocycles. The third-order valence-electron chi connectivity index (χ3n) is 3.33. The highest BCUT2D eigenvalue weighted by Gasteiger charge is 2.12. The van der Waals surface area contributed by atoms with E-state index in [0.717, 1.165) is 10.0 Å². The summed E-state index contributed by atoms with van der Waals surface area (Å²) in [4.78, 5) is 12.1. The smallest absolute Gasteiger partial charge is 0.185 e. The number of ketones is 1. The lowest BCUT2D eigenvalue weighted by atomic mass is 9.87. The molecule has 2 aromatic carbocycles. The van der Waals surface area contributed by atoms with E-state index >= 15 is 0 Å². The van der Waals surface area contributed by atoms with E-state index in [1.54, 1.807) is 6.08 Å². The lowest BCUT2D eigenvalue weighted by Gasteiger charge is -2.18. The maximum atomic E-state index is 12.1. The SMILES string of the molecule is CC(C)(C)c1ccc(/C=C/C(=O)c2ccc(Br)cc2)cc1. The van der Waals surface area contributed by atoms with Crippen LogP contribution in [-0.2, 0) is 5.41 Å². The van der Waals surface area contributed by atoms with E-state index in [-0.39, 0.29) is 11.2 Å². The Morgan fingerprint density at radius 3 is 2.05 bits per heavy atom. The van der Waals surface area contributed by atoms with Gasteiger partial charge in [0, 0.05) is 10.0 Å². The molecule has 2 rings (SSSR count). The standard InChI is InChI=1S/C19H19BrO/c1-19(2,3)16-9-4-14(5-10-16)6-13-18(21)15-7-11-17(20)12-8-15/h4-13H,1-3H3/b13-6+. The zero-order chi connectivity index (χ0) is 15.5. The Balaban J connectivity index is 2.10. The first-order chi connectivity index (χ1) is 9.86. The molecular weight excluding hydrogens is 324 g/mol. The summed E-state index contributed by atoms with van der Waals surface area (Å²) in [5, 5.41) is 0. The van der Waals surface area contributed by atoms with Gasteiger partial charge in [0.05, 0.1) is 0 Å². The molecule has 0 unspecified atom stereocenters. The molecule has 0 saturated heterocycles. The molecule has 0 aliphatic rings. The van der Waals surface area contributed by atoms with Crippen LogP contribution in [0.1, 0.15) is 42.3 Å². The van der Waals surface area contributed by atoms with E-state index in [9.17, 15) is 4.79 Å². The van der Waals surface area contributed by atoms with Crippen molar-refractivity contribution in [1.29, 1.82) is 0 Å². The summed E-state index contributed by atoms with van der Waals surface area (Å²) in [7, 11) is 0. The van der Waals surface area contributed by atoms with Crippen LogP contribution in [0.15, 0.2) is 59.1 Å². The molecule has 0 radical (unpaired) electrons. The van der Waals surface area contributed by atoms with Crippen LogP contribution in [0.3, 0.4) is 0 Å². The van der Waals surface area contributed by atoms with Crippen molar-refractivity contribution in [1.82, 2.24) is 0 Å². The van der Waals surface area contributed by atoms with Crippen LogP contribution in [0.2, 0.25) is 0 Å².